The molecule has 0 aliphatic carbocycles. The first-order valence-corrected chi connectivity index (χ1v) is 7.08. The lowest BCUT2D eigenvalue weighted by molar-refractivity contribution is 0.200. The predicted molar refractivity (Wildman–Crippen MR) is 81.4 cm³/mol. The van der Waals surface area contributed by atoms with Gasteiger partial charge in [-0.05, 0) is 37.5 Å². The number of urea groups is 1. The molecule has 1 aromatic carbocycles. The highest BCUT2D eigenvalue weighted by Gasteiger charge is 2.17. The van der Waals surface area contributed by atoms with Gasteiger partial charge in [0.05, 0.1) is 12.8 Å². The lowest BCUT2D eigenvalue weighted by atomic mass is 10.1. The van der Waals surface area contributed by atoms with Gasteiger partial charge in [-0.15, -0.1) is 0 Å². The molecule has 0 saturated carbocycles. The quantitative estimate of drug-likeness (QED) is 0.819. The summed E-state index contributed by atoms with van der Waals surface area (Å²) in [4.78, 5) is 14.1. The summed E-state index contributed by atoms with van der Waals surface area (Å²) in [7, 11) is 1.56. The van der Waals surface area contributed by atoms with Gasteiger partial charge in [-0.2, -0.15) is 0 Å². The molecule has 2 amide bonds. The van der Waals surface area contributed by atoms with Gasteiger partial charge in [0, 0.05) is 18.7 Å². The van der Waals surface area contributed by atoms with Crippen LogP contribution < -0.4 is 10.1 Å². The second-order valence-electron chi connectivity index (χ2n) is 4.85. The van der Waals surface area contributed by atoms with Gasteiger partial charge >= 0.3 is 6.03 Å². The van der Waals surface area contributed by atoms with E-state index >= 15 is 0 Å². The Hall–Kier alpha value is -2.19. The number of aliphatic hydroxyl groups is 1. The number of amides is 2. The normalized spacial score (nSPS) is 14.1. The molecule has 5 nitrogen and oxygen atoms in total. The number of methoxy groups -OCH3 is 1. The van der Waals surface area contributed by atoms with E-state index in [2.05, 4.69) is 17.2 Å². The van der Waals surface area contributed by atoms with Crippen molar-refractivity contribution in [3.63, 3.8) is 0 Å². The van der Waals surface area contributed by atoms with Crippen LogP contribution in [0.2, 0.25) is 0 Å². The Bertz CT molecular complexity index is 554. The van der Waals surface area contributed by atoms with Gasteiger partial charge in [-0.1, -0.05) is 11.8 Å². The van der Waals surface area contributed by atoms with E-state index in [-0.39, 0.29) is 12.6 Å². The van der Waals surface area contributed by atoms with E-state index in [1.165, 1.54) is 6.42 Å². The molecule has 0 unspecified atom stereocenters. The van der Waals surface area contributed by atoms with Crippen molar-refractivity contribution in [2.45, 2.75) is 19.3 Å². The zero-order chi connectivity index (χ0) is 15.1. The molecule has 1 aromatic rings. The van der Waals surface area contributed by atoms with Crippen molar-refractivity contribution < 1.29 is 14.6 Å². The van der Waals surface area contributed by atoms with Crippen molar-refractivity contribution in [2.75, 3.05) is 32.1 Å². The third-order valence-corrected chi connectivity index (χ3v) is 3.40. The third kappa shape index (κ3) is 4.14. The van der Waals surface area contributed by atoms with Crippen LogP contribution in [0.4, 0.5) is 10.5 Å². The molecule has 2 N–H and O–H groups in total. The van der Waals surface area contributed by atoms with Crippen LogP contribution in [0.3, 0.4) is 0 Å². The zero-order valence-electron chi connectivity index (χ0n) is 12.2. The number of hydrogen-bond acceptors (Lipinski definition) is 3. The molecule has 1 heterocycles. The van der Waals surface area contributed by atoms with Crippen molar-refractivity contribution in [2.24, 2.45) is 0 Å². The molecule has 21 heavy (non-hydrogen) atoms. The summed E-state index contributed by atoms with van der Waals surface area (Å²) in [5.74, 6) is 6.00. The number of carbonyl (C=O) groups is 1. The van der Waals surface area contributed by atoms with Gasteiger partial charge in [0.1, 0.15) is 12.4 Å². The highest BCUT2D eigenvalue weighted by Crippen LogP contribution is 2.26. The summed E-state index contributed by atoms with van der Waals surface area (Å²) in [6, 6.07) is 5.19. The minimum Gasteiger partial charge on any atom is -0.495 e. The molecule has 1 saturated heterocycles. The van der Waals surface area contributed by atoms with Gasteiger partial charge in [0.2, 0.25) is 0 Å². The zero-order valence-corrected chi connectivity index (χ0v) is 12.2. The van der Waals surface area contributed by atoms with E-state index in [0.717, 1.165) is 31.5 Å². The standard InChI is InChI=1S/C16H20N2O3/c1-21-15-8-7-13(6-5-11-19)12-14(15)17-16(20)18-9-3-2-4-10-18/h7-8,12,19H,2-4,9-11H2,1H3,(H,17,20). The molecule has 0 atom stereocenters. The largest absolute Gasteiger partial charge is 0.495 e. The van der Waals surface area contributed by atoms with Crippen molar-refractivity contribution in [3.8, 4) is 17.6 Å². The van der Waals surface area contributed by atoms with Crippen molar-refractivity contribution >= 4 is 11.7 Å². The highest BCUT2D eigenvalue weighted by atomic mass is 16.5. The fourth-order valence-electron chi connectivity index (χ4n) is 2.32. The van der Waals surface area contributed by atoms with Crippen LogP contribution in [0, 0.1) is 11.8 Å². The van der Waals surface area contributed by atoms with E-state index < -0.39 is 0 Å². The average molecular weight is 288 g/mol. The lowest BCUT2D eigenvalue weighted by Crippen LogP contribution is -2.38. The molecule has 112 valence electrons. The maximum Gasteiger partial charge on any atom is 0.321 e. The first-order chi connectivity index (χ1) is 10.2. The number of hydrogen-bond donors (Lipinski definition) is 2. The molecule has 1 aliphatic rings. The number of benzene rings is 1. The molecule has 1 fully saturated rings. The second kappa shape index (κ2) is 7.55. The summed E-state index contributed by atoms with van der Waals surface area (Å²) in [6.45, 7) is 1.39. The van der Waals surface area contributed by atoms with Crippen molar-refractivity contribution in [1.29, 1.82) is 0 Å². The number of rotatable bonds is 2. The molecular formula is C16H20N2O3. The fraction of sp³-hybridized carbons (Fsp3) is 0.438. The van der Waals surface area contributed by atoms with Gasteiger partial charge < -0.3 is 20.1 Å². The molecule has 5 heteroatoms. The maximum absolute atomic E-state index is 12.2. The van der Waals surface area contributed by atoms with Gasteiger partial charge in [0.15, 0.2) is 0 Å². The summed E-state index contributed by atoms with van der Waals surface area (Å²) in [6.07, 6.45) is 3.28. The van der Waals surface area contributed by atoms with E-state index in [0.29, 0.717) is 11.4 Å². The fourth-order valence-corrected chi connectivity index (χ4v) is 2.32. The number of nitrogens with one attached hydrogen (secondary N) is 1. The van der Waals surface area contributed by atoms with E-state index in [4.69, 9.17) is 9.84 Å². The minimum absolute atomic E-state index is 0.111. The van der Waals surface area contributed by atoms with Crippen LogP contribution in [0.1, 0.15) is 24.8 Å². The van der Waals surface area contributed by atoms with Crippen molar-refractivity contribution in [3.05, 3.63) is 23.8 Å². The molecule has 0 radical (unpaired) electrons. The topological polar surface area (TPSA) is 61.8 Å². The SMILES string of the molecule is COc1ccc(C#CCO)cc1NC(=O)N1CCCCC1. The van der Waals surface area contributed by atoms with Crippen LogP contribution >= 0.6 is 0 Å². The molecule has 0 spiro atoms. The summed E-state index contributed by atoms with van der Waals surface area (Å²) in [5.41, 5.74) is 1.32. The summed E-state index contributed by atoms with van der Waals surface area (Å²) >= 11 is 0. The molecule has 0 aromatic heterocycles. The predicted octanol–water partition coefficient (Wildman–Crippen LogP) is 2.06. The van der Waals surface area contributed by atoms with Gasteiger partial charge in [-0.3, -0.25) is 0 Å². The molecule has 1 aliphatic heterocycles. The van der Waals surface area contributed by atoms with Crippen LogP contribution in [-0.2, 0) is 0 Å². The molecule has 2 rings (SSSR count). The van der Waals surface area contributed by atoms with Gasteiger partial charge in [0.25, 0.3) is 0 Å². The van der Waals surface area contributed by atoms with Crippen molar-refractivity contribution in [1.82, 2.24) is 4.90 Å². The Labute approximate surface area is 124 Å². The molecule has 0 bridgehead atoms. The van der Waals surface area contributed by atoms with Crippen LogP contribution in [-0.4, -0.2) is 42.8 Å². The van der Waals surface area contributed by atoms with E-state index in [1.54, 1.807) is 25.3 Å². The Morgan fingerprint density at radius 3 is 2.81 bits per heavy atom. The summed E-state index contributed by atoms with van der Waals surface area (Å²) < 4.78 is 5.26. The second-order valence-corrected chi connectivity index (χ2v) is 4.85. The van der Waals surface area contributed by atoms with Gasteiger partial charge in [-0.25, -0.2) is 4.79 Å². The number of ether oxygens (including phenoxy) is 1. The smallest absolute Gasteiger partial charge is 0.321 e. The first-order valence-electron chi connectivity index (χ1n) is 7.08. The number of likely N-dealkylation sites (tertiary alicyclic amines) is 1. The van der Waals surface area contributed by atoms with E-state index in [9.17, 15) is 4.79 Å². The average Bonchev–Trinajstić information content (AvgIpc) is 2.54. The highest BCUT2D eigenvalue weighted by molar-refractivity contribution is 5.91. The minimum atomic E-state index is -0.193. The number of nitrogens with zero attached hydrogens (tertiary/aromatic N) is 1. The Balaban J connectivity index is 2.14. The number of piperidine rings is 1. The number of aliphatic hydroxyl groups excluding tert-OH is 1. The van der Waals surface area contributed by atoms with Crippen LogP contribution in [0.5, 0.6) is 5.75 Å². The Morgan fingerprint density at radius 1 is 1.38 bits per heavy atom. The monoisotopic (exact) mass is 288 g/mol. The third-order valence-electron chi connectivity index (χ3n) is 3.40. The van der Waals surface area contributed by atoms with Crippen LogP contribution in [0.15, 0.2) is 18.2 Å². The maximum atomic E-state index is 12.2. The first kappa shape index (κ1) is 15.2. The lowest BCUT2D eigenvalue weighted by Gasteiger charge is -2.27. The number of carbonyl (C=O) groups excluding carboxylic acids is 1. The molecular weight excluding hydrogens is 268 g/mol. The van der Waals surface area contributed by atoms with E-state index in [1.807, 2.05) is 4.90 Å². The van der Waals surface area contributed by atoms with Crippen LogP contribution in [0.25, 0.3) is 0 Å². The Morgan fingerprint density at radius 2 is 2.14 bits per heavy atom. The number of anilines is 1. The Kier molecular flexibility index (Phi) is 5.47. The summed E-state index contributed by atoms with van der Waals surface area (Å²) in [5, 5.41) is 11.6.